The first kappa shape index (κ1) is 37.6. The fourth-order valence-corrected chi connectivity index (χ4v) is 9.46. The zero-order chi connectivity index (χ0) is 36.2. The number of ether oxygens (including phenoxy) is 2. The molecule has 1 aromatic heterocycles. The van der Waals surface area contributed by atoms with E-state index in [1.807, 2.05) is 31.3 Å². The van der Waals surface area contributed by atoms with Crippen LogP contribution in [0.3, 0.4) is 0 Å². The second-order valence-electron chi connectivity index (χ2n) is 15.4. The Morgan fingerprint density at radius 1 is 1.04 bits per heavy atom. The van der Waals surface area contributed by atoms with Crippen LogP contribution < -0.4 is 0 Å². The topological polar surface area (TPSA) is 85.9 Å². The third-order valence-electron chi connectivity index (χ3n) is 11.5. The number of ketones is 1. The minimum absolute atomic E-state index is 0.0530. The Hall–Kier alpha value is -3.18. The second-order valence-corrected chi connectivity index (χ2v) is 17.9. The minimum atomic E-state index is -3.24. The first-order valence-corrected chi connectivity index (χ1v) is 21.0. The summed E-state index contributed by atoms with van der Waals surface area (Å²) in [7, 11) is -3.24. The molecule has 3 fully saturated rings. The van der Waals surface area contributed by atoms with Gasteiger partial charge >= 0.3 is 0 Å². The lowest BCUT2D eigenvalue weighted by Crippen LogP contribution is -2.31. The highest BCUT2D eigenvalue weighted by molar-refractivity contribution is 7.94. The molecule has 0 bridgehead atoms. The number of halogens is 1. The van der Waals surface area contributed by atoms with Gasteiger partial charge in [0.25, 0.3) is 0 Å². The van der Waals surface area contributed by atoms with E-state index in [1.54, 1.807) is 6.08 Å². The highest BCUT2D eigenvalue weighted by Gasteiger charge is 2.49. The van der Waals surface area contributed by atoms with Crippen LogP contribution in [0.5, 0.6) is 0 Å². The van der Waals surface area contributed by atoms with Gasteiger partial charge in [-0.1, -0.05) is 54.6 Å². The highest BCUT2D eigenvalue weighted by Crippen LogP contribution is 2.46. The number of benzene rings is 1. The lowest BCUT2D eigenvalue weighted by Gasteiger charge is -2.36. The SMILES string of the molecule is CC#Cc1ccc(C2CCCC(C(=O)C3CCC(C=C(C)CC4(OC5=CC=C(S(C)(=O)=O)CCC5C)CO4)C(c4ccc(Cl)cc4)C3)CC2)nc1. The number of hydrogen-bond donors (Lipinski definition) is 0. The summed E-state index contributed by atoms with van der Waals surface area (Å²) in [5.74, 6) is 7.68. The van der Waals surface area contributed by atoms with Gasteiger partial charge in [-0.2, -0.15) is 0 Å². The van der Waals surface area contributed by atoms with Gasteiger partial charge in [0, 0.05) is 63.7 Å². The summed E-state index contributed by atoms with van der Waals surface area (Å²) in [4.78, 5) is 19.4. The van der Waals surface area contributed by atoms with Crippen LogP contribution in [-0.4, -0.2) is 37.8 Å². The Morgan fingerprint density at radius 2 is 1.80 bits per heavy atom. The van der Waals surface area contributed by atoms with E-state index in [-0.39, 0.29) is 29.6 Å². The molecule has 2 aromatic rings. The maximum Gasteiger partial charge on any atom is 0.237 e. The maximum atomic E-state index is 14.2. The zero-order valence-electron chi connectivity index (χ0n) is 30.5. The third kappa shape index (κ3) is 9.63. The number of aromatic nitrogens is 1. The quantitative estimate of drug-likeness (QED) is 0.105. The average Bonchev–Trinajstić information content (AvgIpc) is 3.92. The summed E-state index contributed by atoms with van der Waals surface area (Å²) < 4.78 is 36.8. The Morgan fingerprint density at radius 3 is 2.49 bits per heavy atom. The number of carbonyl (C=O) groups excluding carboxylic acids is 1. The van der Waals surface area contributed by atoms with Crippen molar-refractivity contribution in [3.8, 4) is 11.8 Å². The summed E-state index contributed by atoms with van der Waals surface area (Å²) >= 11 is 6.31. The Kier molecular flexibility index (Phi) is 12.0. The number of sulfone groups is 1. The number of carbonyl (C=O) groups is 1. The molecule has 2 saturated carbocycles. The molecule has 7 unspecified atom stereocenters. The van der Waals surface area contributed by atoms with Crippen molar-refractivity contribution < 1.29 is 22.7 Å². The van der Waals surface area contributed by atoms with Crippen molar-refractivity contribution in [1.29, 1.82) is 0 Å². The summed E-state index contributed by atoms with van der Waals surface area (Å²) in [6.07, 6.45) is 18.6. The van der Waals surface area contributed by atoms with E-state index in [1.165, 1.54) is 17.4 Å². The van der Waals surface area contributed by atoms with Crippen molar-refractivity contribution in [1.82, 2.24) is 4.98 Å². The fraction of sp³-hybridized carbons (Fsp3) is 0.535. The van der Waals surface area contributed by atoms with Crippen LogP contribution in [0.4, 0.5) is 0 Å². The molecule has 0 N–H and O–H groups in total. The molecule has 1 aliphatic heterocycles. The molecule has 6 rings (SSSR count). The van der Waals surface area contributed by atoms with Crippen LogP contribution in [0, 0.1) is 35.5 Å². The molecule has 6 nitrogen and oxygen atoms in total. The number of Topliss-reactive ketones (excluding diaryl/α,β-unsaturated/α-hetero) is 1. The van der Waals surface area contributed by atoms with Gasteiger partial charge in [-0.15, -0.1) is 5.92 Å². The van der Waals surface area contributed by atoms with E-state index < -0.39 is 15.6 Å². The van der Waals surface area contributed by atoms with Crippen molar-refractivity contribution in [3.05, 3.63) is 98.9 Å². The van der Waals surface area contributed by atoms with Crippen molar-refractivity contribution in [2.24, 2.45) is 23.7 Å². The van der Waals surface area contributed by atoms with Crippen LogP contribution in [0.1, 0.15) is 120 Å². The molecule has 8 heteroatoms. The minimum Gasteiger partial charge on any atom is -0.464 e. The second kappa shape index (κ2) is 16.2. The molecule has 4 aliphatic rings. The van der Waals surface area contributed by atoms with Gasteiger partial charge in [0.05, 0.1) is 0 Å². The molecular weight excluding hydrogens is 678 g/mol. The molecular formula is C43H52ClNO5S. The molecule has 0 spiro atoms. The lowest BCUT2D eigenvalue weighted by molar-refractivity contribution is -0.128. The van der Waals surface area contributed by atoms with Gasteiger partial charge in [0.15, 0.2) is 9.84 Å². The van der Waals surface area contributed by atoms with Crippen LogP contribution >= 0.6 is 11.6 Å². The van der Waals surface area contributed by atoms with Gasteiger partial charge < -0.3 is 9.47 Å². The smallest absolute Gasteiger partial charge is 0.237 e. The molecule has 3 aliphatic carbocycles. The maximum absolute atomic E-state index is 14.2. The molecule has 51 heavy (non-hydrogen) atoms. The molecule has 2 heterocycles. The van der Waals surface area contributed by atoms with E-state index in [9.17, 15) is 13.2 Å². The van der Waals surface area contributed by atoms with Crippen LogP contribution in [-0.2, 0) is 24.1 Å². The van der Waals surface area contributed by atoms with E-state index >= 15 is 0 Å². The van der Waals surface area contributed by atoms with Gasteiger partial charge in [0.2, 0.25) is 5.79 Å². The fourth-order valence-electron chi connectivity index (χ4n) is 8.53. The summed E-state index contributed by atoms with van der Waals surface area (Å²) in [6.45, 7) is 6.57. The molecule has 1 saturated heterocycles. The predicted molar refractivity (Wildman–Crippen MR) is 204 cm³/mol. The van der Waals surface area contributed by atoms with Gasteiger partial charge in [0.1, 0.15) is 18.1 Å². The van der Waals surface area contributed by atoms with Gasteiger partial charge in [-0.05, 0) is 125 Å². The Labute approximate surface area is 310 Å². The largest absolute Gasteiger partial charge is 0.464 e. The highest BCUT2D eigenvalue weighted by atomic mass is 35.5. The number of hydrogen-bond acceptors (Lipinski definition) is 6. The number of nitrogens with zero attached hydrogens (tertiary/aromatic N) is 1. The van der Waals surface area contributed by atoms with Gasteiger partial charge in [-0.3, -0.25) is 9.78 Å². The first-order valence-electron chi connectivity index (χ1n) is 18.7. The van der Waals surface area contributed by atoms with Crippen molar-refractivity contribution >= 4 is 27.2 Å². The normalized spacial score (nSPS) is 30.1. The number of allylic oxidation sites excluding steroid dienone is 5. The Bertz CT molecular complexity index is 1830. The Balaban J connectivity index is 1.12. The van der Waals surface area contributed by atoms with Crippen molar-refractivity contribution in [2.75, 3.05) is 12.9 Å². The zero-order valence-corrected chi connectivity index (χ0v) is 32.1. The third-order valence-corrected chi connectivity index (χ3v) is 13.0. The van der Waals surface area contributed by atoms with E-state index in [0.717, 1.165) is 68.4 Å². The van der Waals surface area contributed by atoms with E-state index in [0.29, 0.717) is 47.5 Å². The van der Waals surface area contributed by atoms with Crippen molar-refractivity contribution in [2.45, 2.75) is 109 Å². The molecule has 0 amide bonds. The summed E-state index contributed by atoms with van der Waals surface area (Å²) in [5.41, 5.74) is 4.50. The number of pyridine rings is 1. The van der Waals surface area contributed by atoms with E-state index in [4.69, 9.17) is 26.1 Å². The summed E-state index contributed by atoms with van der Waals surface area (Å²) in [6, 6.07) is 12.4. The number of epoxide rings is 1. The van der Waals surface area contributed by atoms with Gasteiger partial charge in [-0.25, -0.2) is 8.42 Å². The standard InChI is InChI=1S/C43H52ClNO5S/c1-5-7-31-11-22-40(45-27-31)33-8-6-9-34(13-12-33)42(46)36-15-14-35(39(25-36)32-16-18-37(44)19-17-32)24-29(2)26-43(28-49-43)50-41-23-21-38(51(4,47)48)20-10-30(41)3/h11,16-19,21-24,27,30,33-36,39H,6,8-10,12-15,20,25-26,28H2,1-4H3. The molecule has 272 valence electrons. The monoisotopic (exact) mass is 729 g/mol. The lowest BCUT2D eigenvalue weighted by atomic mass is 9.67. The van der Waals surface area contributed by atoms with Crippen molar-refractivity contribution in [3.63, 3.8) is 0 Å². The van der Waals surface area contributed by atoms with Crippen LogP contribution in [0.15, 0.2) is 77.1 Å². The molecule has 0 radical (unpaired) electrons. The van der Waals surface area contributed by atoms with Crippen LogP contribution in [0.2, 0.25) is 5.02 Å². The molecule has 1 aromatic carbocycles. The first-order chi connectivity index (χ1) is 24.4. The predicted octanol–water partition coefficient (Wildman–Crippen LogP) is 9.86. The van der Waals surface area contributed by atoms with Crippen LogP contribution in [0.25, 0.3) is 0 Å². The van der Waals surface area contributed by atoms with E-state index in [2.05, 4.69) is 56.0 Å². The average molecular weight is 730 g/mol. The molecule has 7 atom stereocenters. The number of rotatable bonds is 10. The summed E-state index contributed by atoms with van der Waals surface area (Å²) in [5, 5.41) is 0.714.